The van der Waals surface area contributed by atoms with Gasteiger partial charge >= 0.3 is 12.1 Å². The fraction of sp³-hybridized carbons (Fsp3) is 0.333. The fourth-order valence-electron chi connectivity index (χ4n) is 2.06. The fourth-order valence-corrected chi connectivity index (χ4v) is 2.06. The second-order valence-electron chi connectivity index (χ2n) is 5.43. The molecule has 1 aromatic heterocycles. The van der Waals surface area contributed by atoms with E-state index < -0.39 is 18.8 Å². The van der Waals surface area contributed by atoms with Gasteiger partial charge in [-0.15, -0.1) is 0 Å². The molecule has 5 nitrogen and oxygen atoms in total. The highest BCUT2D eigenvalue weighted by atomic mass is 19.4. The molecular weight excluding hydrogens is 349 g/mol. The van der Waals surface area contributed by atoms with Crippen LogP contribution in [0.2, 0.25) is 0 Å². The lowest BCUT2D eigenvalue weighted by molar-refractivity contribution is -0.176. The van der Waals surface area contributed by atoms with Gasteiger partial charge < -0.3 is 14.8 Å². The summed E-state index contributed by atoms with van der Waals surface area (Å²) in [5.74, 6) is 0.172. The molecule has 0 aliphatic rings. The molecule has 0 bridgehead atoms. The number of benzene rings is 1. The van der Waals surface area contributed by atoms with E-state index in [2.05, 4.69) is 15.0 Å². The van der Waals surface area contributed by atoms with Gasteiger partial charge in [0.2, 0.25) is 0 Å². The Labute approximate surface area is 149 Å². The zero-order valence-electron chi connectivity index (χ0n) is 14.2. The standard InChI is InChI=1S/C18H19F3N2O3/c1-2-26-17(24)15-7-8-16(23-10-15)22-9-13-3-5-14(6-4-13)11-25-12-18(19,20)21/h3-8,10H,2,9,11-12H2,1H3,(H,22,23). The minimum atomic E-state index is -4.32. The van der Waals surface area contributed by atoms with Crippen LogP contribution in [0, 0.1) is 0 Å². The number of pyridine rings is 1. The quantitative estimate of drug-likeness (QED) is 0.715. The average molecular weight is 368 g/mol. The van der Waals surface area contributed by atoms with Gasteiger partial charge in [0.15, 0.2) is 0 Å². The van der Waals surface area contributed by atoms with Crippen molar-refractivity contribution in [3.8, 4) is 0 Å². The van der Waals surface area contributed by atoms with Crippen molar-refractivity contribution < 1.29 is 27.4 Å². The number of hydrogen-bond acceptors (Lipinski definition) is 5. The van der Waals surface area contributed by atoms with Crippen molar-refractivity contribution in [1.29, 1.82) is 0 Å². The van der Waals surface area contributed by atoms with Gasteiger partial charge in [-0.05, 0) is 30.2 Å². The molecule has 0 radical (unpaired) electrons. The molecule has 0 saturated carbocycles. The van der Waals surface area contributed by atoms with E-state index in [0.29, 0.717) is 30.1 Å². The van der Waals surface area contributed by atoms with Gasteiger partial charge in [0.05, 0.1) is 18.8 Å². The SMILES string of the molecule is CCOC(=O)c1ccc(NCc2ccc(COCC(F)(F)F)cc2)nc1. The highest BCUT2D eigenvalue weighted by Crippen LogP contribution is 2.16. The maximum Gasteiger partial charge on any atom is 0.411 e. The van der Waals surface area contributed by atoms with Crippen LogP contribution in [0.3, 0.4) is 0 Å². The summed E-state index contributed by atoms with van der Waals surface area (Å²) in [7, 11) is 0. The predicted octanol–water partition coefficient (Wildman–Crippen LogP) is 3.95. The number of halogens is 3. The van der Waals surface area contributed by atoms with Crippen LogP contribution in [-0.2, 0) is 22.6 Å². The van der Waals surface area contributed by atoms with Crippen LogP contribution in [0.5, 0.6) is 0 Å². The van der Waals surface area contributed by atoms with Gasteiger partial charge in [-0.25, -0.2) is 9.78 Å². The Kier molecular flexibility index (Phi) is 6.97. The van der Waals surface area contributed by atoms with E-state index in [1.807, 2.05) is 0 Å². The summed E-state index contributed by atoms with van der Waals surface area (Å²) < 4.78 is 45.6. The van der Waals surface area contributed by atoms with Crippen LogP contribution in [0.15, 0.2) is 42.6 Å². The highest BCUT2D eigenvalue weighted by molar-refractivity contribution is 5.89. The first kappa shape index (κ1) is 19.7. The zero-order valence-corrected chi connectivity index (χ0v) is 14.2. The number of carbonyl (C=O) groups excluding carboxylic acids is 1. The molecular formula is C18H19F3N2O3. The van der Waals surface area contributed by atoms with Crippen LogP contribution in [0.4, 0.5) is 19.0 Å². The van der Waals surface area contributed by atoms with Crippen molar-refractivity contribution in [3.05, 3.63) is 59.3 Å². The lowest BCUT2D eigenvalue weighted by Crippen LogP contribution is -2.16. The summed E-state index contributed by atoms with van der Waals surface area (Å²) in [4.78, 5) is 15.7. The predicted molar refractivity (Wildman–Crippen MR) is 89.7 cm³/mol. The summed E-state index contributed by atoms with van der Waals surface area (Å²) in [5, 5.41) is 3.10. The van der Waals surface area contributed by atoms with Crippen LogP contribution in [0.1, 0.15) is 28.4 Å². The van der Waals surface area contributed by atoms with E-state index >= 15 is 0 Å². The molecule has 1 heterocycles. The normalized spacial score (nSPS) is 11.2. The number of carbonyl (C=O) groups is 1. The number of ether oxygens (including phenoxy) is 2. The van der Waals surface area contributed by atoms with Gasteiger partial charge in [0, 0.05) is 12.7 Å². The van der Waals surface area contributed by atoms with E-state index in [0.717, 1.165) is 5.56 Å². The minimum Gasteiger partial charge on any atom is -0.462 e. The third-order valence-electron chi connectivity index (χ3n) is 3.31. The lowest BCUT2D eigenvalue weighted by Gasteiger charge is -2.09. The van der Waals surface area contributed by atoms with Crippen molar-refractivity contribution in [3.63, 3.8) is 0 Å². The van der Waals surface area contributed by atoms with E-state index in [-0.39, 0.29) is 6.61 Å². The topological polar surface area (TPSA) is 60.5 Å². The van der Waals surface area contributed by atoms with Gasteiger partial charge in [0.1, 0.15) is 12.4 Å². The first-order valence-electron chi connectivity index (χ1n) is 7.97. The lowest BCUT2D eigenvalue weighted by atomic mass is 10.1. The number of rotatable bonds is 8. The minimum absolute atomic E-state index is 0.0932. The first-order chi connectivity index (χ1) is 12.4. The molecule has 8 heteroatoms. The molecule has 0 saturated heterocycles. The average Bonchev–Trinajstić information content (AvgIpc) is 2.61. The highest BCUT2D eigenvalue weighted by Gasteiger charge is 2.27. The second-order valence-corrected chi connectivity index (χ2v) is 5.43. The van der Waals surface area contributed by atoms with E-state index in [1.54, 1.807) is 43.3 Å². The van der Waals surface area contributed by atoms with Crippen LogP contribution in [-0.4, -0.2) is 30.3 Å². The molecule has 0 fully saturated rings. The molecule has 2 aromatic rings. The number of alkyl halides is 3. The van der Waals surface area contributed by atoms with Crippen molar-refractivity contribution in [2.45, 2.75) is 26.3 Å². The third-order valence-corrected chi connectivity index (χ3v) is 3.31. The van der Waals surface area contributed by atoms with Crippen LogP contribution in [0.25, 0.3) is 0 Å². The van der Waals surface area contributed by atoms with Gasteiger partial charge in [-0.3, -0.25) is 0 Å². The molecule has 0 unspecified atom stereocenters. The second kappa shape index (κ2) is 9.19. The molecule has 0 aliphatic heterocycles. The van der Waals surface area contributed by atoms with E-state index in [4.69, 9.17) is 4.74 Å². The van der Waals surface area contributed by atoms with Gasteiger partial charge in [0.25, 0.3) is 0 Å². The summed E-state index contributed by atoms with van der Waals surface area (Å²) in [6.07, 6.45) is -2.89. The Bertz CT molecular complexity index is 701. The smallest absolute Gasteiger partial charge is 0.411 e. The van der Waals surface area contributed by atoms with Crippen molar-refractivity contribution >= 4 is 11.8 Å². The number of hydrogen-bond donors (Lipinski definition) is 1. The summed E-state index contributed by atoms with van der Waals surface area (Å²) in [6, 6.07) is 10.3. The molecule has 2 rings (SSSR count). The molecule has 1 N–H and O–H groups in total. The Morgan fingerprint density at radius 2 is 1.81 bits per heavy atom. The Balaban J connectivity index is 1.81. The summed E-state index contributed by atoms with van der Waals surface area (Å²) >= 11 is 0. The van der Waals surface area contributed by atoms with Crippen molar-refractivity contribution in [2.75, 3.05) is 18.5 Å². The number of aromatic nitrogens is 1. The van der Waals surface area contributed by atoms with Gasteiger partial charge in [-0.2, -0.15) is 13.2 Å². The van der Waals surface area contributed by atoms with Crippen LogP contribution < -0.4 is 5.32 Å². The summed E-state index contributed by atoms with van der Waals surface area (Å²) in [5.41, 5.74) is 1.97. The maximum absolute atomic E-state index is 12.0. The van der Waals surface area contributed by atoms with E-state index in [9.17, 15) is 18.0 Å². The number of nitrogens with one attached hydrogen (secondary N) is 1. The first-order valence-corrected chi connectivity index (χ1v) is 7.97. The molecule has 0 aliphatic carbocycles. The largest absolute Gasteiger partial charge is 0.462 e. The summed E-state index contributed by atoms with van der Waals surface area (Å²) in [6.45, 7) is 1.16. The molecule has 140 valence electrons. The van der Waals surface area contributed by atoms with Crippen molar-refractivity contribution in [2.24, 2.45) is 0 Å². The molecule has 0 amide bonds. The Hall–Kier alpha value is -2.61. The van der Waals surface area contributed by atoms with Crippen molar-refractivity contribution in [1.82, 2.24) is 4.98 Å². The number of nitrogens with zero attached hydrogens (tertiary/aromatic N) is 1. The van der Waals surface area contributed by atoms with Crippen LogP contribution >= 0.6 is 0 Å². The number of anilines is 1. The van der Waals surface area contributed by atoms with E-state index in [1.165, 1.54) is 6.20 Å². The Morgan fingerprint density at radius 3 is 2.38 bits per heavy atom. The Morgan fingerprint density at radius 1 is 1.12 bits per heavy atom. The maximum atomic E-state index is 12.0. The molecule has 0 atom stereocenters. The third kappa shape index (κ3) is 6.72. The molecule has 0 spiro atoms. The monoisotopic (exact) mass is 368 g/mol. The molecule has 26 heavy (non-hydrogen) atoms. The molecule has 1 aromatic carbocycles. The van der Waals surface area contributed by atoms with Gasteiger partial charge in [-0.1, -0.05) is 24.3 Å². The number of esters is 1. The zero-order chi connectivity index (χ0) is 19.0.